The molecule has 7 nitrogen and oxygen atoms in total. The zero-order valence-corrected chi connectivity index (χ0v) is 17.5. The fraction of sp³-hybridized carbons (Fsp3) is 0.261. The Bertz CT molecular complexity index is 1010. The number of amides is 2. The number of carbonyl (C=O) groups excluding carboxylic acids is 2. The van der Waals surface area contributed by atoms with Gasteiger partial charge in [-0.1, -0.05) is 48.0 Å². The number of aryl methyl sites for hydroxylation is 1. The van der Waals surface area contributed by atoms with Crippen LogP contribution in [0.2, 0.25) is 0 Å². The van der Waals surface area contributed by atoms with Gasteiger partial charge >= 0.3 is 0 Å². The molecule has 0 saturated heterocycles. The molecule has 1 aromatic heterocycles. The normalized spacial score (nSPS) is 11.1. The Kier molecular flexibility index (Phi) is 6.64. The molecule has 0 spiro atoms. The van der Waals surface area contributed by atoms with Gasteiger partial charge in [-0.05, 0) is 32.9 Å². The summed E-state index contributed by atoms with van der Waals surface area (Å²) in [6.07, 6.45) is 0. The number of benzene rings is 2. The molecule has 2 amide bonds. The minimum atomic E-state index is -0.465. The number of para-hydroxylation sites is 1. The van der Waals surface area contributed by atoms with Crippen molar-refractivity contribution in [2.45, 2.75) is 26.8 Å². The predicted octanol–water partition coefficient (Wildman–Crippen LogP) is 2.98. The van der Waals surface area contributed by atoms with E-state index in [1.54, 1.807) is 9.58 Å². The Morgan fingerprint density at radius 1 is 1.07 bits per heavy atom. The van der Waals surface area contributed by atoms with Crippen LogP contribution < -0.4 is 11.1 Å². The van der Waals surface area contributed by atoms with Crippen LogP contribution >= 0.6 is 0 Å². The van der Waals surface area contributed by atoms with Crippen molar-refractivity contribution in [3.8, 4) is 16.9 Å². The van der Waals surface area contributed by atoms with Crippen LogP contribution in [0.25, 0.3) is 16.9 Å². The monoisotopic (exact) mass is 405 g/mol. The van der Waals surface area contributed by atoms with Gasteiger partial charge in [0.1, 0.15) is 5.82 Å². The molecule has 0 aliphatic carbocycles. The number of anilines is 1. The lowest BCUT2D eigenvalue weighted by molar-refractivity contribution is -0.121. The lowest BCUT2D eigenvalue weighted by Gasteiger charge is -2.24. The highest BCUT2D eigenvalue weighted by Crippen LogP contribution is 2.25. The number of aromatic nitrogens is 2. The summed E-state index contributed by atoms with van der Waals surface area (Å²) in [5.74, 6) is -0.144. The molecule has 0 radical (unpaired) electrons. The van der Waals surface area contributed by atoms with Crippen LogP contribution in [0.4, 0.5) is 5.82 Å². The maximum absolute atomic E-state index is 12.7. The number of carbonyl (C=O) groups is 2. The van der Waals surface area contributed by atoms with E-state index in [9.17, 15) is 9.59 Å². The molecule has 3 N–H and O–H groups in total. The summed E-state index contributed by atoms with van der Waals surface area (Å²) in [7, 11) is 0. The highest BCUT2D eigenvalue weighted by atomic mass is 16.2. The number of rotatable bonds is 8. The van der Waals surface area contributed by atoms with Gasteiger partial charge < -0.3 is 11.1 Å². The van der Waals surface area contributed by atoms with Gasteiger partial charge in [0.25, 0.3) is 0 Å². The van der Waals surface area contributed by atoms with E-state index < -0.39 is 5.91 Å². The number of hydrogen-bond acceptors (Lipinski definition) is 4. The zero-order valence-electron chi connectivity index (χ0n) is 17.5. The summed E-state index contributed by atoms with van der Waals surface area (Å²) in [5.41, 5.74) is 9.03. The van der Waals surface area contributed by atoms with Gasteiger partial charge in [-0.2, -0.15) is 5.10 Å². The molecule has 0 atom stereocenters. The van der Waals surface area contributed by atoms with Crippen LogP contribution in [0.15, 0.2) is 60.7 Å². The summed E-state index contributed by atoms with van der Waals surface area (Å²) >= 11 is 0. The molecule has 0 unspecified atom stereocenters. The second-order valence-corrected chi connectivity index (χ2v) is 7.54. The number of nitrogens with one attached hydrogen (secondary N) is 1. The van der Waals surface area contributed by atoms with E-state index in [0.717, 1.165) is 22.5 Å². The molecule has 0 aliphatic rings. The molecule has 156 valence electrons. The third-order valence-corrected chi connectivity index (χ3v) is 4.76. The van der Waals surface area contributed by atoms with Gasteiger partial charge in [-0.3, -0.25) is 14.5 Å². The number of nitrogens with zero attached hydrogens (tertiary/aromatic N) is 3. The Labute approximate surface area is 176 Å². The van der Waals surface area contributed by atoms with Gasteiger partial charge in [0, 0.05) is 17.7 Å². The van der Waals surface area contributed by atoms with E-state index in [1.165, 1.54) is 0 Å². The second kappa shape index (κ2) is 9.37. The fourth-order valence-corrected chi connectivity index (χ4v) is 3.09. The Morgan fingerprint density at radius 2 is 1.73 bits per heavy atom. The van der Waals surface area contributed by atoms with Crippen molar-refractivity contribution in [1.82, 2.24) is 14.7 Å². The van der Waals surface area contributed by atoms with E-state index in [-0.39, 0.29) is 25.0 Å². The van der Waals surface area contributed by atoms with Gasteiger partial charge in [0.2, 0.25) is 11.8 Å². The molecule has 0 saturated carbocycles. The number of hydrogen-bond donors (Lipinski definition) is 2. The molecular formula is C23H27N5O2. The van der Waals surface area contributed by atoms with Crippen molar-refractivity contribution in [3.05, 3.63) is 66.2 Å². The fourth-order valence-electron chi connectivity index (χ4n) is 3.09. The second-order valence-electron chi connectivity index (χ2n) is 7.54. The maximum atomic E-state index is 12.7. The summed E-state index contributed by atoms with van der Waals surface area (Å²) in [6.45, 7) is 5.95. The quantitative estimate of drug-likeness (QED) is 0.602. The molecule has 0 bridgehead atoms. The summed E-state index contributed by atoms with van der Waals surface area (Å²) in [4.78, 5) is 25.8. The third-order valence-electron chi connectivity index (χ3n) is 4.76. The SMILES string of the molecule is Cc1ccc(-c2cc(NC(=O)CN(CC(N)=O)C(C)C)n(-c3ccccc3)n2)cc1. The highest BCUT2D eigenvalue weighted by Gasteiger charge is 2.19. The van der Waals surface area contributed by atoms with Crippen molar-refractivity contribution in [3.63, 3.8) is 0 Å². The van der Waals surface area contributed by atoms with E-state index in [1.807, 2.05) is 81.4 Å². The topological polar surface area (TPSA) is 93.3 Å². The van der Waals surface area contributed by atoms with Gasteiger partial charge in [-0.25, -0.2) is 4.68 Å². The molecule has 30 heavy (non-hydrogen) atoms. The van der Waals surface area contributed by atoms with Crippen LogP contribution in [0.3, 0.4) is 0 Å². The first-order valence-corrected chi connectivity index (χ1v) is 9.88. The molecule has 3 rings (SSSR count). The molecule has 7 heteroatoms. The molecule has 2 aromatic carbocycles. The average molecular weight is 406 g/mol. The molecule has 0 aliphatic heterocycles. The lowest BCUT2D eigenvalue weighted by Crippen LogP contribution is -2.43. The van der Waals surface area contributed by atoms with E-state index in [0.29, 0.717) is 5.82 Å². The van der Waals surface area contributed by atoms with Gasteiger partial charge in [0.15, 0.2) is 0 Å². The molecular weight excluding hydrogens is 378 g/mol. The van der Waals surface area contributed by atoms with E-state index in [4.69, 9.17) is 10.8 Å². The smallest absolute Gasteiger partial charge is 0.239 e. The summed E-state index contributed by atoms with van der Waals surface area (Å²) < 4.78 is 1.71. The number of primary amides is 1. The highest BCUT2D eigenvalue weighted by molar-refractivity contribution is 5.92. The van der Waals surface area contributed by atoms with Crippen molar-refractivity contribution < 1.29 is 9.59 Å². The third kappa shape index (κ3) is 5.33. The lowest BCUT2D eigenvalue weighted by atomic mass is 10.1. The molecule has 3 aromatic rings. The Balaban J connectivity index is 1.89. The Hall–Kier alpha value is -3.45. The first-order chi connectivity index (χ1) is 14.3. The molecule has 1 heterocycles. The van der Waals surface area contributed by atoms with Crippen LogP contribution in [0.1, 0.15) is 19.4 Å². The first kappa shape index (κ1) is 21.3. The van der Waals surface area contributed by atoms with Gasteiger partial charge in [0.05, 0.1) is 24.5 Å². The van der Waals surface area contributed by atoms with Gasteiger partial charge in [-0.15, -0.1) is 0 Å². The molecule has 0 fully saturated rings. The first-order valence-electron chi connectivity index (χ1n) is 9.88. The van der Waals surface area contributed by atoms with Crippen molar-refractivity contribution in [2.75, 3.05) is 18.4 Å². The van der Waals surface area contributed by atoms with Crippen LogP contribution in [0.5, 0.6) is 0 Å². The summed E-state index contributed by atoms with van der Waals surface area (Å²) in [5, 5.41) is 7.65. The minimum Gasteiger partial charge on any atom is -0.369 e. The van der Waals surface area contributed by atoms with Crippen molar-refractivity contribution >= 4 is 17.6 Å². The summed E-state index contributed by atoms with van der Waals surface area (Å²) in [6, 6.07) is 19.5. The minimum absolute atomic E-state index is 0.00500. The van der Waals surface area contributed by atoms with Crippen molar-refractivity contribution in [1.29, 1.82) is 0 Å². The van der Waals surface area contributed by atoms with E-state index in [2.05, 4.69) is 5.32 Å². The van der Waals surface area contributed by atoms with Crippen molar-refractivity contribution in [2.24, 2.45) is 5.73 Å². The largest absolute Gasteiger partial charge is 0.369 e. The average Bonchev–Trinajstić information content (AvgIpc) is 3.12. The maximum Gasteiger partial charge on any atom is 0.239 e. The number of nitrogens with two attached hydrogens (primary N) is 1. The van der Waals surface area contributed by atoms with Crippen LogP contribution in [-0.4, -0.2) is 45.6 Å². The standard InChI is InChI=1S/C23H27N5O2/c1-16(2)27(14-21(24)29)15-23(30)25-22-13-20(18-11-9-17(3)10-12-18)26-28(22)19-7-5-4-6-8-19/h4-13,16H,14-15H2,1-3H3,(H2,24,29)(H,25,30). The Morgan fingerprint density at radius 3 is 2.33 bits per heavy atom. The van der Waals surface area contributed by atoms with Crippen LogP contribution in [0, 0.1) is 6.92 Å². The van der Waals surface area contributed by atoms with E-state index >= 15 is 0 Å². The zero-order chi connectivity index (χ0) is 21.7. The van der Waals surface area contributed by atoms with Crippen LogP contribution in [-0.2, 0) is 9.59 Å². The predicted molar refractivity (Wildman–Crippen MR) is 118 cm³/mol.